The molecule has 0 bridgehead atoms. The van der Waals surface area contributed by atoms with E-state index in [2.05, 4.69) is 0 Å². The third kappa shape index (κ3) is 3.58. The number of rotatable bonds is 6. The van der Waals surface area contributed by atoms with Crippen molar-refractivity contribution in [2.45, 2.75) is 6.61 Å². The summed E-state index contributed by atoms with van der Waals surface area (Å²) in [6, 6.07) is 23.6. The molecule has 3 heteroatoms. The second-order valence-electron chi connectivity index (χ2n) is 5.34. The van der Waals surface area contributed by atoms with E-state index in [1.165, 1.54) is 0 Å². The molecule has 3 aromatic rings. The summed E-state index contributed by atoms with van der Waals surface area (Å²) >= 11 is 0. The minimum Gasteiger partial charge on any atom is -0.489 e. The van der Waals surface area contributed by atoms with Crippen molar-refractivity contribution in [1.29, 1.82) is 0 Å². The van der Waals surface area contributed by atoms with Gasteiger partial charge in [0.1, 0.15) is 12.4 Å². The van der Waals surface area contributed by atoms with Gasteiger partial charge in [0.15, 0.2) is 12.1 Å². The number of carbonyl (C=O) groups is 2. The molecule has 0 aromatic heterocycles. The van der Waals surface area contributed by atoms with Crippen molar-refractivity contribution in [2.75, 3.05) is 0 Å². The van der Waals surface area contributed by atoms with Crippen LogP contribution in [0.1, 0.15) is 31.8 Å². The first-order valence-corrected chi connectivity index (χ1v) is 7.63. The molecule has 118 valence electrons. The van der Waals surface area contributed by atoms with Crippen LogP contribution in [0.15, 0.2) is 78.9 Å². The number of hydrogen-bond acceptors (Lipinski definition) is 3. The molecule has 3 rings (SSSR count). The number of carbonyl (C=O) groups excluding carboxylic acids is 2. The van der Waals surface area contributed by atoms with Gasteiger partial charge in [-0.05, 0) is 23.8 Å². The Morgan fingerprint density at radius 3 is 2.21 bits per heavy atom. The fraction of sp³-hybridized carbons (Fsp3) is 0.0476. The van der Waals surface area contributed by atoms with Crippen LogP contribution >= 0.6 is 0 Å². The van der Waals surface area contributed by atoms with E-state index < -0.39 is 0 Å². The third-order valence-electron chi connectivity index (χ3n) is 3.68. The summed E-state index contributed by atoms with van der Waals surface area (Å²) in [7, 11) is 0. The predicted octanol–water partition coefficient (Wildman–Crippen LogP) is 4.31. The Morgan fingerprint density at radius 2 is 1.54 bits per heavy atom. The number of aldehydes is 1. The van der Waals surface area contributed by atoms with Crippen LogP contribution in [0.3, 0.4) is 0 Å². The molecule has 0 aliphatic heterocycles. The molecule has 3 aromatic carbocycles. The van der Waals surface area contributed by atoms with E-state index >= 15 is 0 Å². The molecule has 0 unspecified atom stereocenters. The van der Waals surface area contributed by atoms with Crippen molar-refractivity contribution in [3.63, 3.8) is 0 Å². The van der Waals surface area contributed by atoms with Gasteiger partial charge in [0.2, 0.25) is 0 Å². The lowest BCUT2D eigenvalue weighted by Gasteiger charge is -2.09. The van der Waals surface area contributed by atoms with Crippen LogP contribution in [-0.4, -0.2) is 12.1 Å². The monoisotopic (exact) mass is 316 g/mol. The lowest BCUT2D eigenvalue weighted by molar-refractivity contribution is 0.102. The summed E-state index contributed by atoms with van der Waals surface area (Å²) in [6.07, 6.45) is 0.686. The molecule has 0 spiro atoms. The van der Waals surface area contributed by atoms with Crippen molar-refractivity contribution in [3.8, 4) is 5.75 Å². The van der Waals surface area contributed by atoms with Crippen molar-refractivity contribution < 1.29 is 14.3 Å². The Hall–Kier alpha value is -3.20. The highest BCUT2D eigenvalue weighted by Gasteiger charge is 2.14. The van der Waals surface area contributed by atoms with Crippen LogP contribution < -0.4 is 4.74 Å². The second-order valence-corrected chi connectivity index (χ2v) is 5.34. The van der Waals surface area contributed by atoms with E-state index in [0.29, 0.717) is 35.3 Å². The molecule has 3 nitrogen and oxygen atoms in total. The van der Waals surface area contributed by atoms with E-state index in [0.717, 1.165) is 5.56 Å². The van der Waals surface area contributed by atoms with Crippen molar-refractivity contribution in [1.82, 2.24) is 0 Å². The average molecular weight is 316 g/mol. The van der Waals surface area contributed by atoms with Gasteiger partial charge in [-0.1, -0.05) is 60.7 Å². The summed E-state index contributed by atoms with van der Waals surface area (Å²) < 4.78 is 5.70. The lowest BCUT2D eigenvalue weighted by Crippen LogP contribution is -2.06. The molecule has 0 aliphatic rings. The highest BCUT2D eigenvalue weighted by Crippen LogP contribution is 2.20. The van der Waals surface area contributed by atoms with Gasteiger partial charge < -0.3 is 4.74 Å². The van der Waals surface area contributed by atoms with Gasteiger partial charge in [0.05, 0.1) is 0 Å². The van der Waals surface area contributed by atoms with Crippen LogP contribution in [0.4, 0.5) is 0 Å². The molecule has 24 heavy (non-hydrogen) atoms. The minimum absolute atomic E-state index is 0.174. The Kier molecular flexibility index (Phi) is 4.82. The smallest absolute Gasteiger partial charge is 0.193 e. The first-order valence-electron chi connectivity index (χ1n) is 7.63. The van der Waals surface area contributed by atoms with Gasteiger partial charge in [0, 0.05) is 16.7 Å². The van der Waals surface area contributed by atoms with Crippen LogP contribution in [0.25, 0.3) is 0 Å². The van der Waals surface area contributed by atoms with Crippen LogP contribution in [0.5, 0.6) is 5.75 Å². The summed E-state index contributed by atoms with van der Waals surface area (Å²) in [4.78, 5) is 23.9. The molecule has 0 aliphatic carbocycles. The Labute approximate surface area is 140 Å². The zero-order valence-corrected chi connectivity index (χ0v) is 13.0. The third-order valence-corrected chi connectivity index (χ3v) is 3.68. The van der Waals surface area contributed by atoms with Crippen LogP contribution in [-0.2, 0) is 6.61 Å². The normalized spacial score (nSPS) is 10.2. The predicted molar refractivity (Wildman–Crippen MR) is 92.5 cm³/mol. The topological polar surface area (TPSA) is 43.4 Å². The maximum absolute atomic E-state index is 12.5. The molecule has 0 fully saturated rings. The summed E-state index contributed by atoms with van der Waals surface area (Å²) in [6.45, 7) is 0.408. The van der Waals surface area contributed by atoms with Gasteiger partial charge in [-0.25, -0.2) is 0 Å². The minimum atomic E-state index is -0.174. The Morgan fingerprint density at radius 1 is 0.875 bits per heavy atom. The van der Waals surface area contributed by atoms with Gasteiger partial charge in [-0.2, -0.15) is 0 Å². The molecule has 0 amide bonds. The average Bonchev–Trinajstić information content (AvgIpc) is 2.67. The highest BCUT2D eigenvalue weighted by atomic mass is 16.5. The number of ether oxygens (including phenoxy) is 1. The first kappa shape index (κ1) is 15.7. The van der Waals surface area contributed by atoms with Crippen LogP contribution in [0.2, 0.25) is 0 Å². The molecule has 0 heterocycles. The van der Waals surface area contributed by atoms with Crippen LogP contribution in [0, 0.1) is 0 Å². The fourth-order valence-corrected chi connectivity index (χ4v) is 2.42. The Bertz CT molecular complexity index is 839. The van der Waals surface area contributed by atoms with E-state index in [9.17, 15) is 9.59 Å². The molecule has 0 atom stereocenters. The van der Waals surface area contributed by atoms with Crippen molar-refractivity contribution in [2.24, 2.45) is 0 Å². The lowest BCUT2D eigenvalue weighted by atomic mass is 9.99. The number of ketones is 1. The summed E-state index contributed by atoms with van der Waals surface area (Å²) in [5.74, 6) is 0.387. The molecule has 0 radical (unpaired) electrons. The van der Waals surface area contributed by atoms with Crippen molar-refractivity contribution >= 4 is 12.1 Å². The van der Waals surface area contributed by atoms with Gasteiger partial charge >= 0.3 is 0 Å². The first-order chi connectivity index (χ1) is 11.8. The Balaban J connectivity index is 1.80. The highest BCUT2D eigenvalue weighted by molar-refractivity contribution is 6.12. The zero-order chi connectivity index (χ0) is 16.8. The van der Waals surface area contributed by atoms with E-state index in [-0.39, 0.29) is 5.78 Å². The van der Waals surface area contributed by atoms with Gasteiger partial charge in [-0.3, -0.25) is 9.59 Å². The maximum atomic E-state index is 12.5. The molecular formula is C21H16O3. The summed E-state index contributed by atoms with van der Waals surface area (Å²) in [5.41, 5.74) is 2.30. The SMILES string of the molecule is O=Cc1cc(OCc2ccccc2)ccc1C(=O)c1ccccc1. The van der Waals surface area contributed by atoms with E-state index in [1.54, 1.807) is 42.5 Å². The quantitative estimate of drug-likeness (QED) is 0.503. The van der Waals surface area contributed by atoms with Crippen molar-refractivity contribution in [3.05, 3.63) is 101 Å². The molecule has 0 N–H and O–H groups in total. The molecule has 0 saturated heterocycles. The zero-order valence-electron chi connectivity index (χ0n) is 13.0. The second kappa shape index (κ2) is 7.38. The molecule has 0 saturated carbocycles. The standard InChI is InChI=1S/C21H16O3/c22-14-18-13-19(24-15-16-7-3-1-4-8-16)11-12-20(18)21(23)17-9-5-2-6-10-17/h1-14H,15H2. The van der Waals surface area contributed by atoms with Gasteiger partial charge in [0.25, 0.3) is 0 Å². The summed E-state index contributed by atoms with van der Waals surface area (Å²) in [5, 5.41) is 0. The maximum Gasteiger partial charge on any atom is 0.193 e. The number of hydrogen-bond donors (Lipinski definition) is 0. The number of benzene rings is 3. The van der Waals surface area contributed by atoms with E-state index in [1.807, 2.05) is 36.4 Å². The van der Waals surface area contributed by atoms with Gasteiger partial charge in [-0.15, -0.1) is 0 Å². The van der Waals surface area contributed by atoms with E-state index in [4.69, 9.17) is 4.74 Å². The molecular weight excluding hydrogens is 300 g/mol. The fourth-order valence-electron chi connectivity index (χ4n) is 2.42. The largest absolute Gasteiger partial charge is 0.489 e.